The number of thiazole rings is 1. The largest absolute Gasteiger partial charge is 0.243 e. The van der Waals surface area contributed by atoms with E-state index in [0.717, 1.165) is 19.4 Å². The van der Waals surface area contributed by atoms with E-state index < -0.39 is 0 Å². The average molecular weight is 275 g/mol. The maximum Gasteiger partial charge on any atom is 0.124 e. The Morgan fingerprint density at radius 1 is 1.23 bits per heavy atom. The summed E-state index contributed by atoms with van der Waals surface area (Å²) in [6, 6.07) is 8.01. The van der Waals surface area contributed by atoms with Crippen LogP contribution in [0.15, 0.2) is 34.9 Å². The van der Waals surface area contributed by atoms with Crippen molar-refractivity contribution >= 4 is 38.9 Å². The zero-order chi connectivity index (χ0) is 9.26. The molecule has 1 aromatic heterocycles. The van der Waals surface area contributed by atoms with Crippen LogP contribution >= 0.6 is 38.9 Å². The minimum Gasteiger partial charge on any atom is -0.243 e. The summed E-state index contributed by atoms with van der Waals surface area (Å²) in [4.78, 5) is 4.19. The molecule has 0 fully saturated rings. The van der Waals surface area contributed by atoms with Crippen LogP contribution < -0.4 is 0 Å². The number of nitrogens with zero attached hydrogens (tertiary/aromatic N) is 1. The second kappa shape index (κ2) is 3.78. The summed E-state index contributed by atoms with van der Waals surface area (Å²) < 4.78 is 1.79. The van der Waals surface area contributed by atoms with Gasteiger partial charge in [-0.3, -0.25) is 0 Å². The van der Waals surface area contributed by atoms with E-state index in [2.05, 4.69) is 20.9 Å². The van der Waals surface area contributed by atoms with E-state index in [9.17, 15) is 0 Å². The summed E-state index contributed by atoms with van der Waals surface area (Å²) in [5, 5.41) is 0.956. The van der Waals surface area contributed by atoms with Gasteiger partial charge in [0.25, 0.3) is 0 Å². The maximum atomic E-state index is 5.79. The Morgan fingerprint density at radius 2 is 1.92 bits per heavy atom. The Balaban J connectivity index is 2.41. The van der Waals surface area contributed by atoms with Crippen molar-refractivity contribution in [1.29, 1.82) is 0 Å². The van der Waals surface area contributed by atoms with Gasteiger partial charge in [-0.1, -0.05) is 39.7 Å². The highest BCUT2D eigenvalue weighted by atomic mass is 79.9. The second-order valence-electron chi connectivity index (χ2n) is 2.48. The first kappa shape index (κ1) is 9.19. The lowest BCUT2D eigenvalue weighted by molar-refractivity contribution is 1.41. The molecule has 13 heavy (non-hydrogen) atoms. The van der Waals surface area contributed by atoms with Crippen molar-refractivity contribution in [2.45, 2.75) is 0 Å². The van der Waals surface area contributed by atoms with Crippen LogP contribution in [0.25, 0.3) is 10.6 Å². The molecule has 0 radical (unpaired) electrons. The molecular weight excluding hydrogens is 270 g/mol. The molecule has 0 N–H and O–H groups in total. The SMILES string of the molecule is Clc1cnc(-c2ccc(Br)cc2)s1. The van der Waals surface area contributed by atoms with Crippen LogP contribution in [-0.4, -0.2) is 4.98 Å². The lowest BCUT2D eigenvalue weighted by atomic mass is 10.2. The summed E-state index contributed by atoms with van der Waals surface area (Å²) >= 11 is 10.7. The Morgan fingerprint density at radius 3 is 2.46 bits per heavy atom. The maximum absolute atomic E-state index is 5.79. The quantitative estimate of drug-likeness (QED) is 0.758. The molecule has 1 aromatic carbocycles. The smallest absolute Gasteiger partial charge is 0.124 e. The number of rotatable bonds is 1. The summed E-state index contributed by atoms with van der Waals surface area (Å²) in [6.45, 7) is 0. The fourth-order valence-electron chi connectivity index (χ4n) is 0.980. The van der Waals surface area contributed by atoms with Crippen LogP contribution in [0.1, 0.15) is 0 Å². The normalized spacial score (nSPS) is 10.3. The van der Waals surface area contributed by atoms with E-state index in [-0.39, 0.29) is 0 Å². The molecule has 0 aliphatic heterocycles. The minimum atomic E-state index is 0.720. The molecule has 2 aromatic rings. The van der Waals surface area contributed by atoms with E-state index in [0.29, 0.717) is 0 Å². The van der Waals surface area contributed by atoms with Gasteiger partial charge in [-0.15, -0.1) is 11.3 Å². The highest BCUT2D eigenvalue weighted by Crippen LogP contribution is 2.28. The number of hydrogen-bond acceptors (Lipinski definition) is 2. The Kier molecular flexibility index (Phi) is 2.67. The first-order chi connectivity index (χ1) is 6.25. The standard InChI is InChI=1S/C9H5BrClNS/c10-7-3-1-6(2-4-7)9-12-5-8(11)13-9/h1-5H. The van der Waals surface area contributed by atoms with Gasteiger partial charge in [0, 0.05) is 10.0 Å². The van der Waals surface area contributed by atoms with Gasteiger partial charge in [-0.2, -0.15) is 0 Å². The van der Waals surface area contributed by atoms with Crippen LogP contribution in [-0.2, 0) is 0 Å². The molecule has 0 spiro atoms. The predicted molar refractivity (Wildman–Crippen MR) is 60.3 cm³/mol. The van der Waals surface area contributed by atoms with Crippen LogP contribution in [0, 0.1) is 0 Å². The molecule has 2 rings (SSSR count). The molecule has 66 valence electrons. The number of aromatic nitrogens is 1. The van der Waals surface area contributed by atoms with Gasteiger partial charge in [-0.05, 0) is 12.1 Å². The Hall–Kier alpha value is -0.380. The number of halogens is 2. The summed E-state index contributed by atoms with van der Waals surface area (Å²) in [5.74, 6) is 0. The Labute approximate surface area is 93.5 Å². The lowest BCUT2D eigenvalue weighted by Gasteiger charge is -1.94. The molecule has 0 saturated heterocycles. The van der Waals surface area contributed by atoms with E-state index in [1.165, 1.54) is 11.3 Å². The van der Waals surface area contributed by atoms with E-state index in [1.54, 1.807) is 6.20 Å². The molecule has 0 aliphatic carbocycles. The van der Waals surface area contributed by atoms with Gasteiger partial charge in [0.1, 0.15) is 9.34 Å². The van der Waals surface area contributed by atoms with Crippen LogP contribution in [0.4, 0.5) is 0 Å². The van der Waals surface area contributed by atoms with Crippen molar-refractivity contribution in [3.8, 4) is 10.6 Å². The van der Waals surface area contributed by atoms with E-state index in [4.69, 9.17) is 11.6 Å². The molecule has 0 saturated carbocycles. The predicted octanol–water partition coefficient (Wildman–Crippen LogP) is 4.23. The van der Waals surface area contributed by atoms with Gasteiger partial charge < -0.3 is 0 Å². The first-order valence-electron chi connectivity index (χ1n) is 3.63. The van der Waals surface area contributed by atoms with Crippen molar-refractivity contribution in [3.05, 3.63) is 39.3 Å². The van der Waals surface area contributed by atoms with E-state index in [1.807, 2.05) is 24.3 Å². The van der Waals surface area contributed by atoms with Gasteiger partial charge in [0.05, 0.1) is 6.20 Å². The first-order valence-corrected chi connectivity index (χ1v) is 5.62. The molecule has 0 aliphatic rings. The molecule has 0 amide bonds. The molecule has 1 heterocycles. The van der Waals surface area contributed by atoms with Crippen LogP contribution in [0.5, 0.6) is 0 Å². The monoisotopic (exact) mass is 273 g/mol. The van der Waals surface area contributed by atoms with Gasteiger partial charge in [-0.25, -0.2) is 4.98 Å². The third-order valence-corrected chi connectivity index (χ3v) is 3.26. The van der Waals surface area contributed by atoms with Crippen molar-refractivity contribution in [1.82, 2.24) is 4.98 Å². The van der Waals surface area contributed by atoms with Gasteiger partial charge in [0.15, 0.2) is 0 Å². The highest BCUT2D eigenvalue weighted by molar-refractivity contribution is 9.10. The molecule has 1 nitrogen and oxygen atoms in total. The van der Waals surface area contributed by atoms with Crippen LogP contribution in [0.3, 0.4) is 0 Å². The highest BCUT2D eigenvalue weighted by Gasteiger charge is 2.01. The molecule has 0 atom stereocenters. The lowest BCUT2D eigenvalue weighted by Crippen LogP contribution is -1.73. The molecule has 0 unspecified atom stereocenters. The summed E-state index contributed by atoms with van der Waals surface area (Å²) in [7, 11) is 0. The van der Waals surface area contributed by atoms with Crippen molar-refractivity contribution in [3.63, 3.8) is 0 Å². The fraction of sp³-hybridized carbons (Fsp3) is 0. The van der Waals surface area contributed by atoms with E-state index >= 15 is 0 Å². The average Bonchev–Trinajstić information content (AvgIpc) is 2.53. The zero-order valence-corrected chi connectivity index (χ0v) is 9.66. The van der Waals surface area contributed by atoms with Crippen molar-refractivity contribution in [2.24, 2.45) is 0 Å². The molecule has 0 bridgehead atoms. The Bertz CT molecular complexity index is 410. The molecular formula is C9H5BrClNS. The van der Waals surface area contributed by atoms with Gasteiger partial charge >= 0.3 is 0 Å². The van der Waals surface area contributed by atoms with Crippen molar-refractivity contribution in [2.75, 3.05) is 0 Å². The fourth-order valence-corrected chi connectivity index (χ4v) is 2.16. The number of benzene rings is 1. The summed E-state index contributed by atoms with van der Waals surface area (Å²) in [6.07, 6.45) is 1.67. The second-order valence-corrected chi connectivity index (χ2v) is 5.05. The molecule has 4 heteroatoms. The zero-order valence-electron chi connectivity index (χ0n) is 6.50. The third-order valence-electron chi connectivity index (χ3n) is 1.57. The summed E-state index contributed by atoms with van der Waals surface area (Å²) in [5.41, 5.74) is 1.10. The van der Waals surface area contributed by atoms with Crippen LogP contribution in [0.2, 0.25) is 4.34 Å². The number of hydrogen-bond donors (Lipinski definition) is 0. The van der Waals surface area contributed by atoms with Gasteiger partial charge in [0.2, 0.25) is 0 Å². The topological polar surface area (TPSA) is 12.9 Å². The third kappa shape index (κ3) is 2.10. The van der Waals surface area contributed by atoms with Crippen molar-refractivity contribution < 1.29 is 0 Å². The minimum absolute atomic E-state index is 0.720.